The lowest BCUT2D eigenvalue weighted by Gasteiger charge is -2.01. The number of Topliss-reactive ketones (excluding diaryl/α,β-unsaturated/α-hetero) is 1. The summed E-state index contributed by atoms with van der Waals surface area (Å²) in [5.74, 6) is 0.139. The van der Waals surface area contributed by atoms with E-state index >= 15 is 0 Å². The van der Waals surface area contributed by atoms with Crippen LogP contribution in [0, 0.1) is 2.88 Å². The van der Waals surface area contributed by atoms with Crippen molar-refractivity contribution in [2.45, 2.75) is 19.8 Å². The van der Waals surface area contributed by atoms with Crippen molar-refractivity contribution in [3.8, 4) is 0 Å². The van der Waals surface area contributed by atoms with Gasteiger partial charge >= 0.3 is 0 Å². The van der Waals surface area contributed by atoms with Crippen LogP contribution in [-0.4, -0.2) is 15.6 Å². The minimum Gasteiger partial charge on any atom is -0.294 e. The Kier molecular flexibility index (Phi) is 4.60. The predicted octanol–water partition coefficient (Wildman–Crippen LogP) is 3.84. The molecule has 0 saturated carbocycles. The third-order valence-electron chi connectivity index (χ3n) is 2.72. The molecule has 0 aliphatic carbocycles. The van der Waals surface area contributed by atoms with Crippen molar-refractivity contribution < 1.29 is 4.79 Å². The van der Waals surface area contributed by atoms with Crippen molar-refractivity contribution in [2.24, 2.45) is 7.05 Å². The molecule has 0 saturated heterocycles. The molecule has 96 valence electrons. The first-order chi connectivity index (χ1) is 8.52. The van der Waals surface area contributed by atoms with E-state index in [1.807, 2.05) is 18.5 Å². The molecule has 2 aromatic heterocycles. The van der Waals surface area contributed by atoms with E-state index < -0.39 is 0 Å². The SMILES string of the molecule is CCc1nn(C)c(CC(=O)c2csc(I)c2)c1Br. The Labute approximate surface area is 132 Å². The summed E-state index contributed by atoms with van der Waals surface area (Å²) in [5.41, 5.74) is 2.73. The average molecular weight is 439 g/mol. The van der Waals surface area contributed by atoms with E-state index in [4.69, 9.17) is 0 Å². The third-order valence-corrected chi connectivity index (χ3v) is 5.42. The molecule has 0 fully saturated rings. The van der Waals surface area contributed by atoms with Gasteiger partial charge in [-0.15, -0.1) is 11.3 Å². The van der Waals surface area contributed by atoms with Crippen LogP contribution in [0.5, 0.6) is 0 Å². The van der Waals surface area contributed by atoms with E-state index in [-0.39, 0.29) is 5.78 Å². The van der Waals surface area contributed by atoms with Gasteiger partial charge in [0.15, 0.2) is 5.78 Å². The monoisotopic (exact) mass is 438 g/mol. The van der Waals surface area contributed by atoms with Crippen LogP contribution in [0.25, 0.3) is 0 Å². The number of rotatable bonds is 4. The van der Waals surface area contributed by atoms with Gasteiger partial charge < -0.3 is 0 Å². The zero-order chi connectivity index (χ0) is 13.3. The smallest absolute Gasteiger partial charge is 0.169 e. The molecule has 0 N–H and O–H groups in total. The molecule has 3 nitrogen and oxygen atoms in total. The first-order valence-electron chi connectivity index (χ1n) is 5.50. The maximum atomic E-state index is 12.2. The molecule has 2 heterocycles. The molecular weight excluding hydrogens is 427 g/mol. The van der Waals surface area contributed by atoms with Gasteiger partial charge in [-0.1, -0.05) is 6.92 Å². The quantitative estimate of drug-likeness (QED) is 0.537. The van der Waals surface area contributed by atoms with Gasteiger partial charge in [0.05, 0.1) is 25.2 Å². The highest BCUT2D eigenvalue weighted by molar-refractivity contribution is 14.1. The van der Waals surface area contributed by atoms with Gasteiger partial charge in [0.2, 0.25) is 0 Å². The third kappa shape index (κ3) is 2.85. The minimum atomic E-state index is 0.139. The van der Waals surface area contributed by atoms with Crippen LogP contribution >= 0.6 is 49.9 Å². The number of halogens is 2. The van der Waals surface area contributed by atoms with Gasteiger partial charge in [-0.3, -0.25) is 9.48 Å². The van der Waals surface area contributed by atoms with E-state index in [0.29, 0.717) is 6.42 Å². The summed E-state index contributed by atoms with van der Waals surface area (Å²) in [7, 11) is 1.88. The van der Waals surface area contributed by atoms with E-state index in [9.17, 15) is 4.79 Å². The number of thiophene rings is 1. The Bertz CT molecular complexity index is 591. The van der Waals surface area contributed by atoms with E-state index in [1.54, 1.807) is 16.0 Å². The highest BCUT2D eigenvalue weighted by Crippen LogP contribution is 2.24. The summed E-state index contributed by atoms with van der Waals surface area (Å²) < 4.78 is 3.89. The summed E-state index contributed by atoms with van der Waals surface area (Å²) in [5, 5.41) is 6.31. The summed E-state index contributed by atoms with van der Waals surface area (Å²) in [6.45, 7) is 2.06. The molecule has 6 heteroatoms. The van der Waals surface area contributed by atoms with Crippen LogP contribution in [0.2, 0.25) is 0 Å². The van der Waals surface area contributed by atoms with Crippen LogP contribution < -0.4 is 0 Å². The number of ketones is 1. The second-order valence-electron chi connectivity index (χ2n) is 3.92. The lowest BCUT2D eigenvalue weighted by Crippen LogP contribution is -2.07. The molecule has 2 aromatic rings. The highest BCUT2D eigenvalue weighted by Gasteiger charge is 2.17. The van der Waals surface area contributed by atoms with Crippen LogP contribution in [0.3, 0.4) is 0 Å². The fraction of sp³-hybridized carbons (Fsp3) is 0.333. The van der Waals surface area contributed by atoms with Crippen LogP contribution in [0.1, 0.15) is 28.7 Å². The largest absolute Gasteiger partial charge is 0.294 e. The number of aromatic nitrogens is 2. The highest BCUT2D eigenvalue weighted by atomic mass is 127. The van der Waals surface area contributed by atoms with Gasteiger partial charge in [0.25, 0.3) is 0 Å². The molecule has 0 atom stereocenters. The first-order valence-corrected chi connectivity index (χ1v) is 8.25. The number of carbonyl (C=O) groups is 1. The minimum absolute atomic E-state index is 0.139. The fourth-order valence-corrected chi connectivity index (χ4v) is 3.83. The van der Waals surface area contributed by atoms with Crippen molar-refractivity contribution in [3.63, 3.8) is 0 Å². The van der Waals surface area contributed by atoms with Gasteiger partial charge in [0, 0.05) is 18.0 Å². The normalized spacial score (nSPS) is 10.9. The van der Waals surface area contributed by atoms with Crippen molar-refractivity contribution in [1.82, 2.24) is 9.78 Å². The number of hydrogen-bond donors (Lipinski definition) is 0. The van der Waals surface area contributed by atoms with Crippen molar-refractivity contribution in [1.29, 1.82) is 0 Å². The topological polar surface area (TPSA) is 34.9 Å². The Morgan fingerprint density at radius 1 is 1.61 bits per heavy atom. The van der Waals surface area contributed by atoms with Gasteiger partial charge in [-0.2, -0.15) is 5.10 Å². The van der Waals surface area contributed by atoms with Crippen molar-refractivity contribution >= 4 is 55.6 Å². The first kappa shape index (κ1) is 14.2. The van der Waals surface area contributed by atoms with Crippen LogP contribution in [0.4, 0.5) is 0 Å². The van der Waals surface area contributed by atoms with Crippen LogP contribution in [-0.2, 0) is 19.9 Å². The molecule has 0 bridgehead atoms. The lowest BCUT2D eigenvalue weighted by atomic mass is 10.1. The standard InChI is InChI=1S/C12H12BrIN2OS/c1-3-8-12(13)9(16(2)15-8)5-10(17)7-4-11(14)18-6-7/h4,6H,3,5H2,1-2H3. The Hall–Kier alpha value is -0.210. The van der Waals surface area contributed by atoms with Gasteiger partial charge in [-0.05, 0) is 51.0 Å². The average Bonchev–Trinajstić information content (AvgIpc) is 2.87. The molecule has 2 rings (SSSR count). The number of carbonyl (C=O) groups excluding carboxylic acids is 1. The number of hydrogen-bond acceptors (Lipinski definition) is 3. The van der Waals surface area contributed by atoms with Crippen LogP contribution in [0.15, 0.2) is 15.9 Å². The molecular formula is C12H12BrIN2OS. The Morgan fingerprint density at radius 3 is 2.83 bits per heavy atom. The second-order valence-corrected chi connectivity index (χ2v) is 7.52. The summed E-state index contributed by atoms with van der Waals surface area (Å²) >= 11 is 7.36. The summed E-state index contributed by atoms with van der Waals surface area (Å²) in [6.07, 6.45) is 1.25. The van der Waals surface area contributed by atoms with E-state index in [2.05, 4.69) is 50.5 Å². The zero-order valence-corrected chi connectivity index (χ0v) is 14.6. The number of nitrogens with zero attached hydrogens (tertiary/aromatic N) is 2. The zero-order valence-electron chi connectivity index (χ0n) is 10.0. The van der Waals surface area contributed by atoms with E-state index in [1.165, 1.54) is 0 Å². The predicted molar refractivity (Wildman–Crippen MR) is 85.4 cm³/mol. The lowest BCUT2D eigenvalue weighted by molar-refractivity contribution is 0.0991. The molecule has 0 aliphatic heterocycles. The maximum Gasteiger partial charge on any atom is 0.169 e. The maximum absolute atomic E-state index is 12.2. The van der Waals surface area contributed by atoms with Crippen molar-refractivity contribution in [2.75, 3.05) is 0 Å². The molecule has 18 heavy (non-hydrogen) atoms. The fourth-order valence-electron chi connectivity index (χ4n) is 1.72. The Balaban J connectivity index is 2.24. The molecule has 0 amide bonds. The molecule has 0 unspecified atom stereocenters. The van der Waals surface area contributed by atoms with Gasteiger partial charge in [-0.25, -0.2) is 0 Å². The molecule has 0 aromatic carbocycles. The van der Waals surface area contributed by atoms with Gasteiger partial charge in [0.1, 0.15) is 0 Å². The molecule has 0 aliphatic rings. The van der Waals surface area contributed by atoms with Crippen molar-refractivity contribution in [3.05, 3.63) is 35.8 Å². The number of aryl methyl sites for hydroxylation is 2. The molecule has 0 radical (unpaired) electrons. The van der Waals surface area contributed by atoms with E-state index in [0.717, 1.165) is 30.7 Å². The second kappa shape index (κ2) is 5.83. The Morgan fingerprint density at radius 2 is 2.33 bits per heavy atom. The summed E-state index contributed by atoms with van der Waals surface area (Å²) in [4.78, 5) is 12.2. The molecule has 0 spiro atoms. The summed E-state index contributed by atoms with van der Waals surface area (Å²) in [6, 6.07) is 1.93.